The van der Waals surface area contributed by atoms with Crippen molar-refractivity contribution < 1.29 is 9.47 Å². The number of nitrogens with one attached hydrogen (secondary N) is 1. The van der Waals surface area contributed by atoms with Crippen LogP contribution in [0.1, 0.15) is 25.0 Å². The van der Waals surface area contributed by atoms with Crippen LogP contribution in [0.25, 0.3) is 0 Å². The first-order chi connectivity index (χ1) is 6.95. The summed E-state index contributed by atoms with van der Waals surface area (Å²) in [6.07, 6.45) is 6.10. The molecule has 2 heterocycles. The molecule has 0 aliphatic carbocycles. The van der Waals surface area contributed by atoms with Gasteiger partial charge in [-0.15, -0.1) is 0 Å². The smallest absolute Gasteiger partial charge is 0.157 e. The third kappa shape index (κ3) is 2.82. The highest BCUT2D eigenvalue weighted by atomic mass is 16.7. The molecule has 1 aliphatic heterocycles. The molecule has 1 saturated heterocycles. The molecule has 2 rings (SSSR count). The Morgan fingerprint density at radius 1 is 1.57 bits per heavy atom. The van der Waals surface area contributed by atoms with Crippen molar-refractivity contribution in [1.82, 2.24) is 10.2 Å². The summed E-state index contributed by atoms with van der Waals surface area (Å²) in [4.78, 5) is 0. The van der Waals surface area contributed by atoms with Crippen molar-refractivity contribution in [2.75, 3.05) is 13.2 Å². The highest BCUT2D eigenvalue weighted by molar-refractivity contribution is 4.96. The minimum Gasteiger partial charge on any atom is -0.353 e. The maximum Gasteiger partial charge on any atom is 0.157 e. The molecule has 78 valence electrons. The molecule has 0 saturated carbocycles. The van der Waals surface area contributed by atoms with E-state index in [1.165, 1.54) is 12.8 Å². The quantitative estimate of drug-likeness (QED) is 0.793. The maximum atomic E-state index is 5.58. The van der Waals surface area contributed by atoms with Gasteiger partial charge >= 0.3 is 0 Å². The molecule has 1 atom stereocenters. The molecule has 1 fully saturated rings. The molecule has 0 bridgehead atoms. The van der Waals surface area contributed by atoms with E-state index in [9.17, 15) is 0 Å². The lowest BCUT2D eigenvalue weighted by Crippen LogP contribution is -2.23. The molecule has 0 radical (unpaired) electrons. The van der Waals surface area contributed by atoms with Gasteiger partial charge in [0.25, 0.3) is 0 Å². The van der Waals surface area contributed by atoms with Gasteiger partial charge in [-0.2, -0.15) is 5.10 Å². The Labute approximate surface area is 83.6 Å². The van der Waals surface area contributed by atoms with E-state index in [0.29, 0.717) is 6.61 Å². The van der Waals surface area contributed by atoms with Crippen LogP contribution >= 0.6 is 0 Å². The second-order valence-electron chi connectivity index (χ2n) is 3.48. The number of rotatable bonds is 4. The summed E-state index contributed by atoms with van der Waals surface area (Å²) in [5.41, 5.74) is 1.04. The van der Waals surface area contributed by atoms with Crippen LogP contribution in [0.3, 0.4) is 0 Å². The summed E-state index contributed by atoms with van der Waals surface area (Å²) in [6.45, 7) is 1.53. The zero-order chi connectivity index (χ0) is 9.64. The topological polar surface area (TPSA) is 47.1 Å². The van der Waals surface area contributed by atoms with E-state index in [4.69, 9.17) is 9.47 Å². The minimum absolute atomic E-state index is 0.0164. The van der Waals surface area contributed by atoms with Crippen molar-refractivity contribution in [3.8, 4) is 0 Å². The van der Waals surface area contributed by atoms with Gasteiger partial charge in [-0.05, 0) is 25.3 Å². The molecule has 4 nitrogen and oxygen atoms in total. The lowest BCUT2D eigenvalue weighted by atomic mass is 10.2. The summed E-state index contributed by atoms with van der Waals surface area (Å²) in [6, 6.07) is 1.96. The molecule has 1 N–H and O–H groups in total. The van der Waals surface area contributed by atoms with E-state index in [1.54, 1.807) is 0 Å². The Morgan fingerprint density at radius 2 is 2.57 bits per heavy atom. The third-order valence-corrected chi connectivity index (χ3v) is 2.36. The highest BCUT2D eigenvalue weighted by Crippen LogP contribution is 2.13. The number of nitrogens with zero attached hydrogens (tertiary/aromatic N) is 1. The van der Waals surface area contributed by atoms with E-state index in [2.05, 4.69) is 10.2 Å². The van der Waals surface area contributed by atoms with Crippen molar-refractivity contribution in [3.05, 3.63) is 18.0 Å². The summed E-state index contributed by atoms with van der Waals surface area (Å²) < 4.78 is 11.0. The molecule has 1 aliphatic rings. The molecule has 4 heteroatoms. The Morgan fingerprint density at radius 3 is 3.29 bits per heavy atom. The molecule has 1 aromatic heterocycles. The van der Waals surface area contributed by atoms with Crippen LogP contribution < -0.4 is 0 Å². The Kier molecular flexibility index (Phi) is 3.54. The number of aromatic nitrogens is 2. The molecule has 0 spiro atoms. The van der Waals surface area contributed by atoms with Gasteiger partial charge in [-0.1, -0.05) is 0 Å². The zero-order valence-corrected chi connectivity index (χ0v) is 8.24. The molecular weight excluding hydrogens is 180 g/mol. The van der Waals surface area contributed by atoms with Crippen molar-refractivity contribution in [2.45, 2.75) is 32.0 Å². The number of ether oxygens (including phenoxy) is 2. The van der Waals surface area contributed by atoms with Gasteiger partial charge in [0.15, 0.2) is 6.29 Å². The predicted molar refractivity (Wildman–Crippen MR) is 51.8 cm³/mol. The SMILES string of the molecule is c1cc(CCOC2CCCCO2)n[nH]1. The Balaban J connectivity index is 1.62. The molecule has 1 aromatic rings. The van der Waals surface area contributed by atoms with Gasteiger partial charge in [-0.3, -0.25) is 5.10 Å². The second kappa shape index (κ2) is 5.12. The first kappa shape index (κ1) is 9.68. The van der Waals surface area contributed by atoms with Gasteiger partial charge < -0.3 is 9.47 Å². The molecule has 0 aromatic carbocycles. The zero-order valence-electron chi connectivity index (χ0n) is 8.24. The average molecular weight is 196 g/mol. The van der Waals surface area contributed by atoms with Gasteiger partial charge in [0.2, 0.25) is 0 Å². The highest BCUT2D eigenvalue weighted by Gasteiger charge is 2.13. The van der Waals surface area contributed by atoms with Crippen molar-refractivity contribution in [3.63, 3.8) is 0 Å². The van der Waals surface area contributed by atoms with Crippen LogP contribution in [0.2, 0.25) is 0 Å². The monoisotopic (exact) mass is 196 g/mol. The Hall–Kier alpha value is -0.870. The standard InChI is InChI=1S/C10H16N2O2/c1-2-7-13-10(3-1)14-8-5-9-4-6-11-12-9/h4,6,10H,1-3,5,7-8H2,(H,11,12). The number of H-pyrrole nitrogens is 1. The van der Waals surface area contributed by atoms with Gasteiger partial charge in [0.05, 0.1) is 12.3 Å². The van der Waals surface area contributed by atoms with Gasteiger partial charge in [0.1, 0.15) is 0 Å². The lowest BCUT2D eigenvalue weighted by molar-refractivity contribution is -0.161. The fourth-order valence-electron chi connectivity index (χ4n) is 1.57. The predicted octanol–water partition coefficient (Wildman–Crippen LogP) is 1.50. The van der Waals surface area contributed by atoms with E-state index in [-0.39, 0.29) is 6.29 Å². The van der Waals surface area contributed by atoms with E-state index in [0.717, 1.165) is 25.1 Å². The van der Waals surface area contributed by atoms with Gasteiger partial charge in [-0.25, -0.2) is 0 Å². The van der Waals surface area contributed by atoms with E-state index < -0.39 is 0 Å². The molecule has 14 heavy (non-hydrogen) atoms. The third-order valence-electron chi connectivity index (χ3n) is 2.36. The van der Waals surface area contributed by atoms with Crippen LogP contribution in [-0.2, 0) is 15.9 Å². The van der Waals surface area contributed by atoms with Crippen molar-refractivity contribution in [2.24, 2.45) is 0 Å². The lowest BCUT2D eigenvalue weighted by Gasteiger charge is -2.22. The number of hydrogen-bond acceptors (Lipinski definition) is 3. The summed E-state index contributed by atoms with van der Waals surface area (Å²) in [5, 5.41) is 6.83. The fourth-order valence-corrected chi connectivity index (χ4v) is 1.57. The average Bonchev–Trinajstić information content (AvgIpc) is 2.72. The minimum atomic E-state index is 0.0164. The van der Waals surface area contributed by atoms with Gasteiger partial charge in [0, 0.05) is 19.2 Å². The van der Waals surface area contributed by atoms with Crippen molar-refractivity contribution in [1.29, 1.82) is 0 Å². The number of hydrogen-bond donors (Lipinski definition) is 1. The van der Waals surface area contributed by atoms with Crippen LogP contribution in [0.15, 0.2) is 12.3 Å². The van der Waals surface area contributed by atoms with Crippen LogP contribution in [-0.4, -0.2) is 29.7 Å². The second-order valence-corrected chi connectivity index (χ2v) is 3.48. The summed E-state index contributed by atoms with van der Waals surface area (Å²) >= 11 is 0. The molecular formula is C10H16N2O2. The number of aromatic amines is 1. The van der Waals surface area contributed by atoms with E-state index >= 15 is 0 Å². The van der Waals surface area contributed by atoms with Crippen molar-refractivity contribution >= 4 is 0 Å². The fraction of sp³-hybridized carbons (Fsp3) is 0.700. The largest absolute Gasteiger partial charge is 0.353 e. The maximum absolute atomic E-state index is 5.58. The van der Waals surface area contributed by atoms with E-state index in [1.807, 2.05) is 12.3 Å². The van der Waals surface area contributed by atoms with Crippen LogP contribution in [0.5, 0.6) is 0 Å². The summed E-state index contributed by atoms with van der Waals surface area (Å²) in [5.74, 6) is 0. The summed E-state index contributed by atoms with van der Waals surface area (Å²) in [7, 11) is 0. The normalized spacial score (nSPS) is 22.4. The molecule has 1 unspecified atom stereocenters. The first-order valence-corrected chi connectivity index (χ1v) is 5.17. The molecule has 0 amide bonds. The Bertz CT molecular complexity index is 243. The van der Waals surface area contributed by atoms with Crippen LogP contribution in [0, 0.1) is 0 Å². The first-order valence-electron chi connectivity index (χ1n) is 5.17. The van der Waals surface area contributed by atoms with Crippen LogP contribution in [0.4, 0.5) is 0 Å².